The molecule has 0 aliphatic heterocycles. The first-order valence-corrected chi connectivity index (χ1v) is 7.90. The summed E-state index contributed by atoms with van der Waals surface area (Å²) in [5.74, 6) is 1.24. The number of nitrogens with zero attached hydrogens (tertiary/aromatic N) is 1. The normalized spacial score (nSPS) is 15.8. The molecule has 0 aromatic carbocycles. The van der Waals surface area contributed by atoms with Gasteiger partial charge in [-0.05, 0) is 26.1 Å². The van der Waals surface area contributed by atoms with Crippen molar-refractivity contribution in [2.24, 2.45) is 0 Å². The fourth-order valence-corrected chi connectivity index (χ4v) is 2.82. The van der Waals surface area contributed by atoms with Gasteiger partial charge in [-0.1, -0.05) is 27.7 Å². The number of hydrogen-bond donors (Lipinski definition) is 1. The van der Waals surface area contributed by atoms with Gasteiger partial charge in [-0.25, -0.2) is 0 Å². The third-order valence-corrected chi connectivity index (χ3v) is 3.93. The predicted octanol–water partition coefficient (Wildman–Crippen LogP) is 2.84. The van der Waals surface area contributed by atoms with Crippen molar-refractivity contribution in [3.63, 3.8) is 0 Å². The molecule has 0 rings (SSSR count). The lowest BCUT2D eigenvalue weighted by Crippen LogP contribution is -2.47. The molecule has 0 saturated heterocycles. The van der Waals surface area contributed by atoms with Crippen molar-refractivity contribution in [3.05, 3.63) is 0 Å². The van der Waals surface area contributed by atoms with E-state index in [1.807, 2.05) is 11.8 Å². The summed E-state index contributed by atoms with van der Waals surface area (Å²) in [4.78, 5) is 2.56. The molecular formula is C13H30N2S. The van der Waals surface area contributed by atoms with E-state index in [1.165, 1.54) is 18.6 Å². The summed E-state index contributed by atoms with van der Waals surface area (Å²) in [6.45, 7) is 10.1. The Morgan fingerprint density at radius 3 is 2.06 bits per heavy atom. The highest BCUT2D eigenvalue weighted by Crippen LogP contribution is 2.13. The summed E-state index contributed by atoms with van der Waals surface area (Å²) in [6.07, 6.45) is 4.67. The average molecular weight is 246 g/mol. The highest BCUT2D eigenvalue weighted by atomic mass is 32.2. The molecule has 0 aliphatic rings. The van der Waals surface area contributed by atoms with Crippen LogP contribution in [0.2, 0.25) is 0 Å². The van der Waals surface area contributed by atoms with Gasteiger partial charge < -0.3 is 5.32 Å². The van der Waals surface area contributed by atoms with Crippen LogP contribution >= 0.6 is 11.8 Å². The van der Waals surface area contributed by atoms with Crippen molar-refractivity contribution in [2.75, 3.05) is 25.6 Å². The van der Waals surface area contributed by atoms with Crippen molar-refractivity contribution in [1.82, 2.24) is 10.2 Å². The van der Waals surface area contributed by atoms with Crippen molar-refractivity contribution in [2.45, 2.75) is 58.7 Å². The van der Waals surface area contributed by atoms with Gasteiger partial charge >= 0.3 is 0 Å². The molecule has 98 valence electrons. The van der Waals surface area contributed by atoms with Crippen molar-refractivity contribution < 1.29 is 0 Å². The molecule has 0 heterocycles. The van der Waals surface area contributed by atoms with Crippen molar-refractivity contribution >= 4 is 11.8 Å². The van der Waals surface area contributed by atoms with E-state index in [1.54, 1.807) is 0 Å². The molecule has 2 atom stereocenters. The van der Waals surface area contributed by atoms with Crippen LogP contribution in [0.15, 0.2) is 0 Å². The molecule has 2 unspecified atom stereocenters. The van der Waals surface area contributed by atoms with Gasteiger partial charge in [-0.15, -0.1) is 0 Å². The number of rotatable bonds is 9. The van der Waals surface area contributed by atoms with E-state index < -0.39 is 0 Å². The maximum absolute atomic E-state index is 3.55. The average Bonchev–Trinajstić information content (AvgIpc) is 2.26. The van der Waals surface area contributed by atoms with Crippen LogP contribution in [0.5, 0.6) is 0 Å². The largest absolute Gasteiger partial charge is 0.313 e. The Kier molecular flexibility index (Phi) is 9.47. The molecule has 0 aromatic rings. The molecule has 0 amide bonds. The summed E-state index contributed by atoms with van der Waals surface area (Å²) in [6, 6.07) is 1.97. The van der Waals surface area contributed by atoms with Crippen LogP contribution in [0.1, 0.15) is 40.5 Å². The Hall–Kier alpha value is 0.270. The van der Waals surface area contributed by atoms with Gasteiger partial charge in [-0.3, -0.25) is 4.90 Å². The summed E-state index contributed by atoms with van der Waals surface area (Å²) in [5.41, 5.74) is 0. The van der Waals surface area contributed by atoms with Crippen LogP contribution in [-0.4, -0.2) is 48.6 Å². The number of likely N-dealkylation sites (N-methyl/N-ethyl adjacent to an activating group) is 1. The standard InChI is InChI=1S/C13H30N2S/c1-7-12(9-14-11(3)4)15(5)13(8-2)10-16-6/h11-14H,7-10H2,1-6H3. The predicted molar refractivity (Wildman–Crippen MR) is 77.4 cm³/mol. The van der Waals surface area contributed by atoms with Crippen LogP contribution in [-0.2, 0) is 0 Å². The maximum atomic E-state index is 3.55. The quantitative estimate of drug-likeness (QED) is 0.673. The minimum absolute atomic E-state index is 0.586. The molecule has 0 radical (unpaired) electrons. The van der Waals surface area contributed by atoms with E-state index in [0.29, 0.717) is 18.1 Å². The third kappa shape index (κ3) is 6.12. The SMILES string of the molecule is CCC(CNC(C)C)N(C)C(CC)CSC. The van der Waals surface area contributed by atoms with Crippen LogP contribution in [0.3, 0.4) is 0 Å². The minimum atomic E-state index is 0.586. The highest BCUT2D eigenvalue weighted by molar-refractivity contribution is 7.98. The second-order valence-electron chi connectivity index (χ2n) is 4.81. The second kappa shape index (κ2) is 9.32. The second-order valence-corrected chi connectivity index (χ2v) is 5.72. The lowest BCUT2D eigenvalue weighted by Gasteiger charge is -2.34. The lowest BCUT2D eigenvalue weighted by molar-refractivity contribution is 0.172. The van der Waals surface area contributed by atoms with E-state index in [-0.39, 0.29) is 0 Å². The van der Waals surface area contributed by atoms with Crippen molar-refractivity contribution in [1.29, 1.82) is 0 Å². The van der Waals surface area contributed by atoms with Gasteiger partial charge in [0.25, 0.3) is 0 Å². The van der Waals surface area contributed by atoms with E-state index in [9.17, 15) is 0 Å². The highest BCUT2D eigenvalue weighted by Gasteiger charge is 2.19. The smallest absolute Gasteiger partial charge is 0.0218 e. The van der Waals surface area contributed by atoms with Crippen LogP contribution in [0.4, 0.5) is 0 Å². The maximum Gasteiger partial charge on any atom is 0.0218 e. The first-order chi connectivity index (χ1) is 7.56. The zero-order chi connectivity index (χ0) is 12.6. The van der Waals surface area contributed by atoms with Crippen molar-refractivity contribution in [3.8, 4) is 0 Å². The van der Waals surface area contributed by atoms with Gasteiger partial charge in [0, 0.05) is 30.4 Å². The monoisotopic (exact) mass is 246 g/mol. The molecule has 0 aromatic heterocycles. The summed E-state index contributed by atoms with van der Waals surface area (Å²) in [5, 5.41) is 3.55. The van der Waals surface area contributed by atoms with Gasteiger partial charge in [0.1, 0.15) is 0 Å². The summed E-state index contributed by atoms with van der Waals surface area (Å²) >= 11 is 1.95. The zero-order valence-corrected chi connectivity index (χ0v) is 12.7. The van der Waals surface area contributed by atoms with Crippen LogP contribution in [0.25, 0.3) is 0 Å². The molecule has 3 heteroatoms. The molecule has 0 bridgehead atoms. The first kappa shape index (κ1) is 16.3. The molecule has 0 saturated carbocycles. The zero-order valence-electron chi connectivity index (χ0n) is 11.9. The minimum Gasteiger partial charge on any atom is -0.313 e. The van der Waals surface area contributed by atoms with Crippen LogP contribution < -0.4 is 5.32 Å². The Labute approximate surface area is 107 Å². The molecule has 0 aliphatic carbocycles. The van der Waals surface area contributed by atoms with E-state index in [0.717, 1.165) is 6.54 Å². The summed E-state index contributed by atoms with van der Waals surface area (Å²) in [7, 11) is 2.28. The van der Waals surface area contributed by atoms with Gasteiger partial charge in [-0.2, -0.15) is 11.8 Å². The summed E-state index contributed by atoms with van der Waals surface area (Å²) < 4.78 is 0. The first-order valence-electron chi connectivity index (χ1n) is 6.50. The van der Waals surface area contributed by atoms with Gasteiger partial charge in [0.05, 0.1) is 0 Å². The Balaban J connectivity index is 4.19. The van der Waals surface area contributed by atoms with Gasteiger partial charge in [0.2, 0.25) is 0 Å². The molecule has 0 spiro atoms. The number of hydrogen-bond acceptors (Lipinski definition) is 3. The van der Waals surface area contributed by atoms with E-state index in [4.69, 9.17) is 0 Å². The molecule has 0 fully saturated rings. The van der Waals surface area contributed by atoms with E-state index in [2.05, 4.69) is 51.2 Å². The van der Waals surface area contributed by atoms with Crippen LogP contribution in [0, 0.1) is 0 Å². The Bertz CT molecular complexity index is 162. The fraction of sp³-hybridized carbons (Fsp3) is 1.00. The molecule has 1 N–H and O–H groups in total. The Morgan fingerprint density at radius 2 is 1.69 bits per heavy atom. The third-order valence-electron chi connectivity index (χ3n) is 3.22. The van der Waals surface area contributed by atoms with Gasteiger partial charge in [0.15, 0.2) is 0 Å². The number of nitrogens with one attached hydrogen (secondary N) is 1. The molecule has 2 nitrogen and oxygen atoms in total. The molecule has 16 heavy (non-hydrogen) atoms. The molecular weight excluding hydrogens is 216 g/mol. The number of thioether (sulfide) groups is 1. The fourth-order valence-electron chi connectivity index (χ4n) is 1.96. The van der Waals surface area contributed by atoms with E-state index >= 15 is 0 Å². The lowest BCUT2D eigenvalue weighted by atomic mass is 10.1. The topological polar surface area (TPSA) is 15.3 Å². The Morgan fingerprint density at radius 1 is 1.12 bits per heavy atom.